The predicted octanol–water partition coefficient (Wildman–Crippen LogP) is 3.87. The molecule has 1 saturated carbocycles. The number of likely N-dealkylation sites (N-methyl/N-ethyl adjacent to an activating group) is 1. The standard InChI is InChI=1S/C21H31NO4/c1-22(19(21(24)25)15-17-9-4-2-5-10-17)20(23)13-8-14-26-16-18-11-6-3-7-12-18/h3,6-7,11-12,17,19H,2,4-5,8-10,13-16H2,1H3,(H,24,25)/t19-/m1/s1. The van der Waals surface area contributed by atoms with E-state index in [9.17, 15) is 14.7 Å². The molecular weight excluding hydrogens is 330 g/mol. The Morgan fingerprint density at radius 2 is 1.88 bits per heavy atom. The molecule has 0 saturated heterocycles. The van der Waals surface area contributed by atoms with Crippen molar-refractivity contribution >= 4 is 11.9 Å². The quantitative estimate of drug-likeness (QED) is 0.643. The fourth-order valence-electron chi connectivity index (χ4n) is 3.60. The summed E-state index contributed by atoms with van der Waals surface area (Å²) in [6.45, 7) is 1.03. The molecule has 0 unspecified atom stereocenters. The van der Waals surface area contributed by atoms with Crippen LogP contribution in [0.4, 0.5) is 0 Å². The second-order valence-corrected chi connectivity index (χ2v) is 7.24. The van der Waals surface area contributed by atoms with Crippen LogP contribution in [0.5, 0.6) is 0 Å². The number of carbonyl (C=O) groups is 2. The van der Waals surface area contributed by atoms with Gasteiger partial charge in [0.25, 0.3) is 0 Å². The molecule has 1 amide bonds. The molecule has 0 radical (unpaired) electrons. The Bertz CT molecular complexity index is 554. The average molecular weight is 361 g/mol. The third-order valence-corrected chi connectivity index (χ3v) is 5.22. The van der Waals surface area contributed by atoms with Gasteiger partial charge in [0.1, 0.15) is 6.04 Å². The second-order valence-electron chi connectivity index (χ2n) is 7.24. The molecule has 0 bridgehead atoms. The molecule has 1 fully saturated rings. The van der Waals surface area contributed by atoms with Crippen LogP contribution in [-0.2, 0) is 20.9 Å². The maximum absolute atomic E-state index is 12.4. The van der Waals surface area contributed by atoms with Gasteiger partial charge < -0.3 is 14.7 Å². The summed E-state index contributed by atoms with van der Waals surface area (Å²) in [5.41, 5.74) is 1.11. The van der Waals surface area contributed by atoms with Gasteiger partial charge in [0.2, 0.25) is 5.91 Å². The summed E-state index contributed by atoms with van der Waals surface area (Å²) in [4.78, 5) is 25.4. The molecular formula is C21H31NO4. The van der Waals surface area contributed by atoms with E-state index in [1.807, 2.05) is 30.3 Å². The lowest BCUT2D eigenvalue weighted by Gasteiger charge is -2.30. The lowest BCUT2D eigenvalue weighted by molar-refractivity contribution is -0.150. The van der Waals surface area contributed by atoms with Crippen LogP contribution in [0, 0.1) is 5.92 Å². The number of amides is 1. The van der Waals surface area contributed by atoms with Gasteiger partial charge in [0, 0.05) is 20.1 Å². The van der Waals surface area contributed by atoms with Gasteiger partial charge in [-0.3, -0.25) is 4.79 Å². The van der Waals surface area contributed by atoms with E-state index >= 15 is 0 Å². The number of hydrogen-bond acceptors (Lipinski definition) is 3. The fourth-order valence-corrected chi connectivity index (χ4v) is 3.60. The van der Waals surface area contributed by atoms with Crippen molar-refractivity contribution in [2.45, 2.75) is 64.0 Å². The van der Waals surface area contributed by atoms with Crippen LogP contribution in [0.3, 0.4) is 0 Å². The maximum Gasteiger partial charge on any atom is 0.326 e. The maximum atomic E-state index is 12.4. The highest BCUT2D eigenvalue weighted by Crippen LogP contribution is 2.28. The first-order chi connectivity index (χ1) is 12.6. The molecule has 1 atom stereocenters. The molecule has 0 spiro atoms. The highest BCUT2D eigenvalue weighted by molar-refractivity contribution is 5.83. The van der Waals surface area contributed by atoms with Crippen LogP contribution < -0.4 is 0 Å². The number of carbonyl (C=O) groups excluding carboxylic acids is 1. The Morgan fingerprint density at radius 1 is 1.19 bits per heavy atom. The minimum absolute atomic E-state index is 0.114. The van der Waals surface area contributed by atoms with E-state index in [0.29, 0.717) is 38.4 Å². The average Bonchev–Trinajstić information content (AvgIpc) is 2.66. The SMILES string of the molecule is CN(C(=O)CCCOCc1ccccc1)[C@H](CC1CCCCC1)C(=O)O. The Labute approximate surface area is 156 Å². The van der Waals surface area contributed by atoms with Crippen molar-refractivity contribution in [3.63, 3.8) is 0 Å². The molecule has 26 heavy (non-hydrogen) atoms. The summed E-state index contributed by atoms with van der Waals surface area (Å²) in [5.74, 6) is -0.586. The van der Waals surface area contributed by atoms with Gasteiger partial charge in [-0.15, -0.1) is 0 Å². The third-order valence-electron chi connectivity index (χ3n) is 5.22. The number of benzene rings is 1. The zero-order valence-corrected chi connectivity index (χ0v) is 15.7. The number of carboxylic acid groups (broad SMARTS) is 1. The molecule has 0 heterocycles. The van der Waals surface area contributed by atoms with Crippen LogP contribution in [0.15, 0.2) is 30.3 Å². The van der Waals surface area contributed by atoms with Gasteiger partial charge in [0.15, 0.2) is 0 Å². The first-order valence-electron chi connectivity index (χ1n) is 9.68. The Kier molecular flexibility index (Phi) is 8.62. The number of ether oxygens (including phenoxy) is 1. The first-order valence-corrected chi connectivity index (χ1v) is 9.68. The summed E-state index contributed by atoms with van der Waals surface area (Å²) in [5, 5.41) is 9.54. The molecule has 1 aliphatic rings. The van der Waals surface area contributed by atoms with Crippen molar-refractivity contribution in [3.8, 4) is 0 Å². The summed E-state index contributed by atoms with van der Waals surface area (Å²) in [7, 11) is 1.62. The molecule has 1 N–H and O–H groups in total. The first kappa shape index (κ1) is 20.4. The summed E-state index contributed by atoms with van der Waals surface area (Å²) in [6, 6.07) is 9.19. The Morgan fingerprint density at radius 3 is 2.54 bits per heavy atom. The molecule has 144 valence electrons. The smallest absolute Gasteiger partial charge is 0.326 e. The van der Waals surface area contributed by atoms with E-state index in [1.54, 1.807) is 7.05 Å². The van der Waals surface area contributed by atoms with Gasteiger partial charge in [-0.1, -0.05) is 62.4 Å². The summed E-state index contributed by atoms with van der Waals surface area (Å²) in [6.07, 6.45) is 7.25. The highest BCUT2D eigenvalue weighted by atomic mass is 16.5. The van der Waals surface area contributed by atoms with Gasteiger partial charge >= 0.3 is 5.97 Å². The molecule has 1 aromatic rings. The zero-order chi connectivity index (χ0) is 18.8. The largest absolute Gasteiger partial charge is 0.480 e. The lowest BCUT2D eigenvalue weighted by atomic mass is 9.84. The predicted molar refractivity (Wildman–Crippen MR) is 101 cm³/mol. The lowest BCUT2D eigenvalue weighted by Crippen LogP contribution is -2.43. The molecule has 1 aromatic carbocycles. The van der Waals surface area contributed by atoms with Gasteiger partial charge in [-0.25, -0.2) is 4.79 Å². The van der Waals surface area contributed by atoms with Gasteiger partial charge in [-0.2, -0.15) is 0 Å². The number of rotatable bonds is 10. The van der Waals surface area contributed by atoms with Crippen LogP contribution in [0.25, 0.3) is 0 Å². The van der Waals surface area contributed by atoms with E-state index in [1.165, 1.54) is 24.2 Å². The number of nitrogens with zero attached hydrogens (tertiary/aromatic N) is 1. The van der Waals surface area contributed by atoms with Crippen molar-refractivity contribution in [3.05, 3.63) is 35.9 Å². The number of aliphatic carboxylic acids is 1. The minimum Gasteiger partial charge on any atom is -0.480 e. The summed E-state index contributed by atoms with van der Waals surface area (Å²) < 4.78 is 5.59. The van der Waals surface area contributed by atoms with E-state index in [2.05, 4.69) is 0 Å². The third kappa shape index (κ3) is 6.79. The van der Waals surface area contributed by atoms with E-state index in [0.717, 1.165) is 18.4 Å². The molecule has 0 aliphatic heterocycles. The topological polar surface area (TPSA) is 66.8 Å². The monoisotopic (exact) mass is 361 g/mol. The van der Waals surface area contributed by atoms with Crippen molar-refractivity contribution in [1.29, 1.82) is 0 Å². The molecule has 2 rings (SSSR count). The van der Waals surface area contributed by atoms with E-state index in [4.69, 9.17) is 4.74 Å². The highest BCUT2D eigenvalue weighted by Gasteiger charge is 2.29. The van der Waals surface area contributed by atoms with Crippen molar-refractivity contribution in [2.75, 3.05) is 13.7 Å². The molecule has 1 aliphatic carbocycles. The van der Waals surface area contributed by atoms with Crippen LogP contribution in [-0.4, -0.2) is 41.6 Å². The summed E-state index contributed by atoms with van der Waals surface area (Å²) >= 11 is 0. The van der Waals surface area contributed by atoms with E-state index in [-0.39, 0.29) is 5.91 Å². The van der Waals surface area contributed by atoms with Crippen LogP contribution >= 0.6 is 0 Å². The normalized spacial score (nSPS) is 16.2. The minimum atomic E-state index is -0.897. The molecule has 5 heteroatoms. The fraction of sp³-hybridized carbons (Fsp3) is 0.619. The number of hydrogen-bond donors (Lipinski definition) is 1. The second kappa shape index (κ2) is 11.0. The van der Waals surface area contributed by atoms with Gasteiger partial charge in [0.05, 0.1) is 6.61 Å². The zero-order valence-electron chi connectivity index (χ0n) is 15.7. The Hall–Kier alpha value is -1.88. The Balaban J connectivity index is 1.70. The molecule has 0 aromatic heterocycles. The van der Waals surface area contributed by atoms with Crippen LogP contribution in [0.2, 0.25) is 0 Å². The van der Waals surface area contributed by atoms with Crippen molar-refractivity contribution < 1.29 is 19.4 Å². The van der Waals surface area contributed by atoms with Crippen LogP contribution in [0.1, 0.15) is 56.9 Å². The molecule has 5 nitrogen and oxygen atoms in total. The van der Waals surface area contributed by atoms with E-state index < -0.39 is 12.0 Å². The van der Waals surface area contributed by atoms with Crippen molar-refractivity contribution in [2.24, 2.45) is 5.92 Å². The van der Waals surface area contributed by atoms with Gasteiger partial charge in [-0.05, 0) is 24.3 Å². The van der Waals surface area contributed by atoms with Crippen molar-refractivity contribution in [1.82, 2.24) is 4.90 Å². The number of carboxylic acids is 1.